The number of anilines is 2. The second-order valence-electron chi connectivity index (χ2n) is 7.00. The zero-order valence-electron chi connectivity index (χ0n) is 14.7. The van der Waals surface area contributed by atoms with Crippen LogP contribution in [-0.2, 0) is 11.2 Å². The number of amides is 2. The number of rotatable bonds is 5. The maximum atomic E-state index is 12.6. The monoisotopic (exact) mass is 349 g/mol. The fourth-order valence-electron chi connectivity index (χ4n) is 3.42. The molecule has 1 aliphatic heterocycles. The Labute approximate surface area is 153 Å². The lowest BCUT2D eigenvalue weighted by atomic mass is 10.0. The highest BCUT2D eigenvalue weighted by atomic mass is 16.2. The first-order chi connectivity index (χ1) is 12.7. The molecule has 26 heavy (non-hydrogen) atoms. The van der Waals surface area contributed by atoms with Crippen LogP contribution in [0, 0.1) is 0 Å². The van der Waals surface area contributed by atoms with Gasteiger partial charge < -0.3 is 15.5 Å². The molecule has 0 saturated heterocycles. The highest BCUT2D eigenvalue weighted by molar-refractivity contribution is 6.04. The number of hydrogen-bond acceptors (Lipinski definition) is 3. The second kappa shape index (κ2) is 7.20. The number of aryl methyl sites for hydroxylation is 1. The van der Waals surface area contributed by atoms with E-state index in [9.17, 15) is 9.59 Å². The van der Waals surface area contributed by atoms with E-state index < -0.39 is 0 Å². The van der Waals surface area contributed by atoms with Gasteiger partial charge in [0.1, 0.15) is 0 Å². The van der Waals surface area contributed by atoms with Gasteiger partial charge in [0.05, 0.1) is 17.8 Å². The SMILES string of the molecule is O=C(CN1CCCc2ccccc21)Nc1ccccc1C(=O)NC1CC1. The zero-order valence-corrected chi connectivity index (χ0v) is 14.7. The molecule has 0 unspecified atom stereocenters. The Hall–Kier alpha value is -2.82. The smallest absolute Gasteiger partial charge is 0.253 e. The predicted octanol–water partition coefficient (Wildman–Crippen LogP) is 2.97. The van der Waals surface area contributed by atoms with Crippen molar-refractivity contribution in [1.82, 2.24) is 5.32 Å². The van der Waals surface area contributed by atoms with Crippen LogP contribution in [0.2, 0.25) is 0 Å². The fraction of sp³-hybridized carbons (Fsp3) is 0.333. The first kappa shape index (κ1) is 16.6. The molecule has 0 aromatic heterocycles. The lowest BCUT2D eigenvalue weighted by molar-refractivity contribution is -0.115. The number of benzene rings is 2. The van der Waals surface area contributed by atoms with Gasteiger partial charge in [0.2, 0.25) is 5.91 Å². The van der Waals surface area contributed by atoms with Gasteiger partial charge in [-0.1, -0.05) is 30.3 Å². The van der Waals surface area contributed by atoms with Crippen molar-refractivity contribution in [2.45, 2.75) is 31.7 Å². The van der Waals surface area contributed by atoms with E-state index in [0.29, 0.717) is 11.3 Å². The van der Waals surface area contributed by atoms with Crippen molar-refractivity contribution in [3.05, 3.63) is 59.7 Å². The molecule has 0 spiro atoms. The van der Waals surface area contributed by atoms with Crippen LogP contribution in [0.5, 0.6) is 0 Å². The first-order valence-electron chi connectivity index (χ1n) is 9.23. The topological polar surface area (TPSA) is 61.4 Å². The van der Waals surface area contributed by atoms with Crippen LogP contribution in [0.25, 0.3) is 0 Å². The van der Waals surface area contributed by atoms with E-state index >= 15 is 0 Å². The molecule has 2 amide bonds. The Bertz CT molecular complexity index is 830. The third-order valence-electron chi connectivity index (χ3n) is 4.90. The van der Waals surface area contributed by atoms with Gasteiger partial charge in [0, 0.05) is 18.3 Å². The van der Waals surface area contributed by atoms with Crippen LogP contribution in [0.4, 0.5) is 11.4 Å². The molecule has 2 aromatic rings. The summed E-state index contributed by atoms with van der Waals surface area (Å²) in [5.41, 5.74) is 3.51. The summed E-state index contributed by atoms with van der Waals surface area (Å²) in [5, 5.41) is 5.90. The Morgan fingerprint density at radius 3 is 2.65 bits per heavy atom. The molecule has 1 heterocycles. The van der Waals surface area contributed by atoms with Gasteiger partial charge in [-0.05, 0) is 49.4 Å². The van der Waals surface area contributed by atoms with Crippen molar-refractivity contribution in [3.63, 3.8) is 0 Å². The highest BCUT2D eigenvalue weighted by Crippen LogP contribution is 2.26. The van der Waals surface area contributed by atoms with Crippen LogP contribution < -0.4 is 15.5 Å². The van der Waals surface area contributed by atoms with E-state index in [1.165, 1.54) is 5.56 Å². The average molecular weight is 349 g/mol. The molecule has 2 N–H and O–H groups in total. The van der Waals surface area contributed by atoms with Crippen LogP contribution in [0.15, 0.2) is 48.5 Å². The van der Waals surface area contributed by atoms with Gasteiger partial charge >= 0.3 is 0 Å². The third-order valence-corrected chi connectivity index (χ3v) is 4.90. The molecule has 0 bridgehead atoms. The second-order valence-corrected chi connectivity index (χ2v) is 7.00. The summed E-state index contributed by atoms with van der Waals surface area (Å²) in [5.74, 6) is -0.222. The van der Waals surface area contributed by atoms with Gasteiger partial charge in [0.15, 0.2) is 0 Å². The van der Waals surface area contributed by atoms with Crippen molar-refractivity contribution in [3.8, 4) is 0 Å². The molecule has 0 radical (unpaired) electrons. The summed E-state index contributed by atoms with van der Waals surface area (Å²) in [7, 11) is 0. The summed E-state index contributed by atoms with van der Waals surface area (Å²) >= 11 is 0. The molecule has 5 nitrogen and oxygen atoms in total. The first-order valence-corrected chi connectivity index (χ1v) is 9.23. The fourth-order valence-corrected chi connectivity index (χ4v) is 3.42. The number of nitrogens with one attached hydrogen (secondary N) is 2. The van der Waals surface area contributed by atoms with Crippen LogP contribution in [-0.4, -0.2) is 30.9 Å². The molecule has 2 aliphatic rings. The van der Waals surface area contributed by atoms with E-state index in [0.717, 1.165) is 37.9 Å². The lowest BCUT2D eigenvalue weighted by Gasteiger charge is -2.30. The largest absolute Gasteiger partial charge is 0.362 e. The Morgan fingerprint density at radius 2 is 1.81 bits per heavy atom. The van der Waals surface area contributed by atoms with E-state index in [1.54, 1.807) is 12.1 Å². The highest BCUT2D eigenvalue weighted by Gasteiger charge is 2.25. The average Bonchev–Trinajstić information content (AvgIpc) is 3.46. The molecule has 1 saturated carbocycles. The van der Waals surface area contributed by atoms with Gasteiger partial charge in [0.25, 0.3) is 5.91 Å². The van der Waals surface area contributed by atoms with Gasteiger partial charge in [-0.15, -0.1) is 0 Å². The summed E-state index contributed by atoms with van der Waals surface area (Å²) in [6.07, 6.45) is 4.17. The number of fused-ring (bicyclic) bond motifs is 1. The molecule has 5 heteroatoms. The predicted molar refractivity (Wildman–Crippen MR) is 103 cm³/mol. The summed E-state index contributed by atoms with van der Waals surface area (Å²) in [6.45, 7) is 1.16. The zero-order chi connectivity index (χ0) is 17.9. The molecule has 1 fully saturated rings. The van der Waals surface area contributed by atoms with Gasteiger partial charge in [-0.2, -0.15) is 0 Å². The van der Waals surface area contributed by atoms with E-state index in [-0.39, 0.29) is 24.4 Å². The Balaban J connectivity index is 1.45. The number of carbonyl (C=O) groups excluding carboxylic acids is 2. The number of para-hydroxylation sites is 2. The summed E-state index contributed by atoms with van der Waals surface area (Å²) < 4.78 is 0. The quantitative estimate of drug-likeness (QED) is 0.872. The van der Waals surface area contributed by atoms with Gasteiger partial charge in [-0.3, -0.25) is 9.59 Å². The Morgan fingerprint density at radius 1 is 1.04 bits per heavy atom. The van der Waals surface area contributed by atoms with Crippen molar-refractivity contribution >= 4 is 23.2 Å². The van der Waals surface area contributed by atoms with Crippen LogP contribution in [0.3, 0.4) is 0 Å². The summed E-state index contributed by atoms with van der Waals surface area (Å²) in [4.78, 5) is 27.1. The molecular weight excluding hydrogens is 326 g/mol. The number of nitrogens with zero attached hydrogens (tertiary/aromatic N) is 1. The maximum absolute atomic E-state index is 12.6. The molecule has 2 aromatic carbocycles. The number of carbonyl (C=O) groups is 2. The van der Waals surface area contributed by atoms with Crippen molar-refractivity contribution in [2.24, 2.45) is 0 Å². The van der Waals surface area contributed by atoms with Crippen molar-refractivity contribution < 1.29 is 9.59 Å². The standard InChI is InChI=1S/C21H23N3O2/c25-20(14-24-13-5-7-15-6-1-4-10-19(15)24)23-18-9-3-2-8-17(18)21(26)22-16-11-12-16/h1-4,6,8-10,16H,5,7,11-14H2,(H,22,26)(H,23,25). The Kier molecular flexibility index (Phi) is 4.61. The molecular formula is C21H23N3O2. The third kappa shape index (κ3) is 3.72. The van der Waals surface area contributed by atoms with E-state index in [2.05, 4.69) is 27.7 Å². The van der Waals surface area contributed by atoms with Gasteiger partial charge in [-0.25, -0.2) is 0 Å². The molecule has 0 atom stereocenters. The molecule has 134 valence electrons. The normalized spacial score (nSPS) is 15.9. The van der Waals surface area contributed by atoms with E-state index in [1.807, 2.05) is 24.3 Å². The molecule has 4 rings (SSSR count). The number of hydrogen-bond donors (Lipinski definition) is 2. The van der Waals surface area contributed by atoms with Crippen LogP contribution >= 0.6 is 0 Å². The minimum absolute atomic E-state index is 0.103. The van der Waals surface area contributed by atoms with Crippen LogP contribution in [0.1, 0.15) is 35.2 Å². The molecule has 1 aliphatic carbocycles. The van der Waals surface area contributed by atoms with Crippen molar-refractivity contribution in [1.29, 1.82) is 0 Å². The summed E-state index contributed by atoms with van der Waals surface area (Å²) in [6, 6.07) is 15.7. The van der Waals surface area contributed by atoms with E-state index in [4.69, 9.17) is 0 Å². The maximum Gasteiger partial charge on any atom is 0.253 e. The lowest BCUT2D eigenvalue weighted by Crippen LogP contribution is -2.37. The minimum Gasteiger partial charge on any atom is -0.362 e. The minimum atomic E-state index is -0.119. The van der Waals surface area contributed by atoms with Crippen molar-refractivity contribution in [2.75, 3.05) is 23.3 Å².